The lowest BCUT2D eigenvalue weighted by atomic mass is 9.92. The number of nitrogens with zero attached hydrogens (tertiary/aromatic N) is 1. The molecule has 0 fully saturated rings. The third-order valence-electron chi connectivity index (χ3n) is 2.69. The van der Waals surface area contributed by atoms with E-state index in [0.717, 1.165) is 0 Å². The Bertz CT molecular complexity index is 246. The molecule has 0 radical (unpaired) electrons. The molecule has 0 saturated carbocycles. The highest BCUT2D eigenvalue weighted by atomic mass is 14.9. The van der Waals surface area contributed by atoms with Crippen LogP contribution in [0, 0.1) is 5.92 Å². The van der Waals surface area contributed by atoms with Gasteiger partial charge in [0.05, 0.1) is 0 Å². The third kappa shape index (κ3) is 2.81. The fourth-order valence-electron chi connectivity index (χ4n) is 1.97. The molecule has 1 aromatic heterocycles. The summed E-state index contributed by atoms with van der Waals surface area (Å²) >= 11 is 0. The fourth-order valence-corrected chi connectivity index (χ4v) is 1.97. The van der Waals surface area contributed by atoms with E-state index in [4.69, 9.17) is 0 Å². The summed E-state index contributed by atoms with van der Waals surface area (Å²) in [6.07, 6.45) is 6.22. The van der Waals surface area contributed by atoms with Gasteiger partial charge in [-0.3, -0.25) is 4.98 Å². The van der Waals surface area contributed by atoms with Crippen LogP contribution in [-0.4, -0.2) is 12.0 Å². The molecular formula is C12H20N2. The van der Waals surface area contributed by atoms with Gasteiger partial charge in [-0.25, -0.2) is 0 Å². The molecule has 1 rings (SSSR count). The molecule has 14 heavy (non-hydrogen) atoms. The number of nitrogens with one attached hydrogen (secondary N) is 1. The molecule has 1 aromatic rings. The van der Waals surface area contributed by atoms with Crippen LogP contribution in [-0.2, 0) is 0 Å². The summed E-state index contributed by atoms with van der Waals surface area (Å²) in [4.78, 5) is 4.04. The molecule has 0 saturated heterocycles. The van der Waals surface area contributed by atoms with E-state index in [0.29, 0.717) is 12.0 Å². The Balaban J connectivity index is 2.71. The van der Waals surface area contributed by atoms with Crippen molar-refractivity contribution < 1.29 is 0 Å². The van der Waals surface area contributed by atoms with Gasteiger partial charge in [0.15, 0.2) is 0 Å². The molecule has 0 aliphatic rings. The van der Waals surface area contributed by atoms with E-state index < -0.39 is 0 Å². The topological polar surface area (TPSA) is 24.9 Å². The van der Waals surface area contributed by atoms with Crippen molar-refractivity contribution in [3.05, 3.63) is 30.1 Å². The molecular weight excluding hydrogens is 172 g/mol. The summed E-state index contributed by atoms with van der Waals surface area (Å²) in [7, 11) is 2.03. The van der Waals surface area contributed by atoms with E-state index >= 15 is 0 Å². The molecule has 0 spiro atoms. The SMILES string of the molecule is CCCC(C)C(NC)c1ccncc1. The minimum Gasteiger partial charge on any atom is -0.313 e. The van der Waals surface area contributed by atoms with E-state index in [-0.39, 0.29) is 0 Å². The van der Waals surface area contributed by atoms with Gasteiger partial charge in [0.1, 0.15) is 0 Å². The number of hydrogen-bond acceptors (Lipinski definition) is 2. The van der Waals surface area contributed by atoms with Crippen molar-refractivity contribution in [3.63, 3.8) is 0 Å². The van der Waals surface area contributed by atoms with Crippen LogP contribution in [0.1, 0.15) is 38.3 Å². The molecule has 2 atom stereocenters. The van der Waals surface area contributed by atoms with E-state index in [9.17, 15) is 0 Å². The highest BCUT2D eigenvalue weighted by Gasteiger charge is 2.15. The van der Waals surface area contributed by atoms with Gasteiger partial charge in [0, 0.05) is 18.4 Å². The van der Waals surface area contributed by atoms with E-state index in [2.05, 4.69) is 36.3 Å². The highest BCUT2D eigenvalue weighted by Crippen LogP contribution is 2.24. The van der Waals surface area contributed by atoms with Crippen molar-refractivity contribution in [3.8, 4) is 0 Å². The van der Waals surface area contributed by atoms with Gasteiger partial charge in [-0.1, -0.05) is 20.3 Å². The number of hydrogen-bond donors (Lipinski definition) is 1. The minimum absolute atomic E-state index is 0.456. The molecule has 0 bridgehead atoms. The smallest absolute Gasteiger partial charge is 0.0344 e. The first-order valence-corrected chi connectivity index (χ1v) is 5.36. The zero-order valence-corrected chi connectivity index (χ0v) is 9.33. The van der Waals surface area contributed by atoms with Crippen LogP contribution in [0.4, 0.5) is 0 Å². The van der Waals surface area contributed by atoms with Gasteiger partial charge in [-0.15, -0.1) is 0 Å². The van der Waals surface area contributed by atoms with Gasteiger partial charge in [0.25, 0.3) is 0 Å². The standard InChI is InChI=1S/C12H20N2/c1-4-5-10(2)12(13-3)11-6-8-14-9-7-11/h6-10,12-13H,4-5H2,1-3H3. The molecule has 1 heterocycles. The summed E-state index contributed by atoms with van der Waals surface area (Å²) in [5.74, 6) is 0.674. The molecule has 78 valence electrons. The molecule has 2 unspecified atom stereocenters. The van der Waals surface area contributed by atoms with E-state index in [1.54, 1.807) is 0 Å². The Morgan fingerprint density at radius 1 is 1.36 bits per heavy atom. The number of rotatable bonds is 5. The quantitative estimate of drug-likeness (QED) is 0.776. The Kier molecular flexibility index (Phi) is 4.60. The zero-order chi connectivity index (χ0) is 10.4. The molecule has 0 aliphatic carbocycles. The summed E-state index contributed by atoms with van der Waals surface area (Å²) < 4.78 is 0. The number of pyridine rings is 1. The molecule has 0 amide bonds. The zero-order valence-electron chi connectivity index (χ0n) is 9.33. The normalized spacial score (nSPS) is 15.1. The van der Waals surface area contributed by atoms with Gasteiger partial charge in [-0.05, 0) is 37.1 Å². The Labute approximate surface area is 86.8 Å². The van der Waals surface area contributed by atoms with Gasteiger partial charge < -0.3 is 5.32 Å². The van der Waals surface area contributed by atoms with Crippen molar-refractivity contribution in [2.75, 3.05) is 7.05 Å². The van der Waals surface area contributed by atoms with Gasteiger partial charge in [0.2, 0.25) is 0 Å². The second-order valence-electron chi connectivity index (χ2n) is 3.81. The number of aromatic nitrogens is 1. The Morgan fingerprint density at radius 2 is 2.00 bits per heavy atom. The average Bonchev–Trinajstić information content (AvgIpc) is 2.21. The van der Waals surface area contributed by atoms with Crippen molar-refractivity contribution in [2.24, 2.45) is 5.92 Å². The molecule has 2 heteroatoms. The first-order chi connectivity index (χ1) is 6.79. The summed E-state index contributed by atoms with van der Waals surface area (Å²) in [5, 5.41) is 3.38. The second kappa shape index (κ2) is 5.76. The van der Waals surface area contributed by atoms with Crippen LogP contribution in [0.3, 0.4) is 0 Å². The summed E-state index contributed by atoms with van der Waals surface area (Å²) in [6, 6.07) is 4.64. The summed E-state index contributed by atoms with van der Waals surface area (Å²) in [5.41, 5.74) is 1.34. The van der Waals surface area contributed by atoms with E-state index in [1.807, 2.05) is 19.4 Å². The molecule has 0 aromatic carbocycles. The van der Waals surface area contributed by atoms with Crippen LogP contribution in [0.15, 0.2) is 24.5 Å². The van der Waals surface area contributed by atoms with Crippen LogP contribution in [0.2, 0.25) is 0 Å². The van der Waals surface area contributed by atoms with E-state index in [1.165, 1.54) is 18.4 Å². The van der Waals surface area contributed by atoms with Crippen LogP contribution in [0.25, 0.3) is 0 Å². The maximum atomic E-state index is 4.04. The first-order valence-electron chi connectivity index (χ1n) is 5.36. The highest BCUT2D eigenvalue weighted by molar-refractivity contribution is 5.15. The lowest BCUT2D eigenvalue weighted by Crippen LogP contribution is -2.23. The monoisotopic (exact) mass is 192 g/mol. The van der Waals surface area contributed by atoms with Gasteiger partial charge >= 0.3 is 0 Å². The lowest BCUT2D eigenvalue weighted by Gasteiger charge is -2.23. The first kappa shape index (κ1) is 11.2. The largest absolute Gasteiger partial charge is 0.313 e. The van der Waals surface area contributed by atoms with Crippen molar-refractivity contribution in [2.45, 2.75) is 32.7 Å². The summed E-state index contributed by atoms with van der Waals surface area (Å²) in [6.45, 7) is 4.53. The Morgan fingerprint density at radius 3 is 2.50 bits per heavy atom. The van der Waals surface area contributed by atoms with Crippen LogP contribution < -0.4 is 5.32 Å². The average molecular weight is 192 g/mol. The molecule has 0 aliphatic heterocycles. The fraction of sp³-hybridized carbons (Fsp3) is 0.583. The van der Waals surface area contributed by atoms with Crippen molar-refractivity contribution in [1.29, 1.82) is 0 Å². The lowest BCUT2D eigenvalue weighted by molar-refractivity contribution is 0.383. The van der Waals surface area contributed by atoms with Crippen molar-refractivity contribution >= 4 is 0 Å². The third-order valence-corrected chi connectivity index (χ3v) is 2.69. The van der Waals surface area contributed by atoms with Crippen LogP contribution in [0.5, 0.6) is 0 Å². The maximum absolute atomic E-state index is 4.04. The predicted octanol–water partition coefficient (Wildman–Crippen LogP) is 2.78. The van der Waals surface area contributed by atoms with Crippen LogP contribution >= 0.6 is 0 Å². The Hall–Kier alpha value is -0.890. The molecule has 2 nitrogen and oxygen atoms in total. The predicted molar refractivity (Wildman–Crippen MR) is 60.1 cm³/mol. The molecule has 1 N–H and O–H groups in total. The second-order valence-corrected chi connectivity index (χ2v) is 3.81. The van der Waals surface area contributed by atoms with Crippen molar-refractivity contribution in [1.82, 2.24) is 10.3 Å². The van der Waals surface area contributed by atoms with Gasteiger partial charge in [-0.2, -0.15) is 0 Å². The maximum Gasteiger partial charge on any atom is 0.0344 e. The minimum atomic E-state index is 0.456.